The van der Waals surface area contributed by atoms with Gasteiger partial charge in [-0.3, -0.25) is 10.1 Å². The normalized spacial score (nSPS) is 12.2. The molecule has 3 aromatic heterocycles. The highest BCUT2D eigenvalue weighted by atomic mass is 19.4. The van der Waals surface area contributed by atoms with Gasteiger partial charge in [0.1, 0.15) is 0 Å². The van der Waals surface area contributed by atoms with Gasteiger partial charge >= 0.3 is 6.18 Å². The summed E-state index contributed by atoms with van der Waals surface area (Å²) in [4.78, 5) is 7.00. The Hall–Kier alpha value is -2.31. The molecule has 3 rings (SSSR count). The van der Waals surface area contributed by atoms with Gasteiger partial charge in [0.25, 0.3) is 0 Å². The molecule has 0 amide bonds. The average molecular weight is 266 g/mol. The third-order valence-electron chi connectivity index (χ3n) is 2.82. The number of nitrogens with one attached hydrogen (secondary N) is 2. The molecule has 0 saturated carbocycles. The predicted octanol–water partition coefficient (Wildman–Crippen LogP) is 3.06. The number of nitrogens with zero attached hydrogens (tertiary/aromatic N) is 2. The number of alkyl halides is 3. The van der Waals surface area contributed by atoms with E-state index in [4.69, 9.17) is 0 Å². The van der Waals surface area contributed by atoms with E-state index in [1.165, 1.54) is 12.4 Å². The van der Waals surface area contributed by atoms with Gasteiger partial charge in [0, 0.05) is 23.5 Å². The van der Waals surface area contributed by atoms with Gasteiger partial charge in [0.15, 0.2) is 0 Å². The minimum absolute atomic E-state index is 0.143. The van der Waals surface area contributed by atoms with Crippen molar-refractivity contribution in [2.75, 3.05) is 0 Å². The molecule has 0 atom stereocenters. The molecule has 4 nitrogen and oxygen atoms in total. The lowest BCUT2D eigenvalue weighted by Crippen LogP contribution is -2.12. The maximum atomic E-state index is 12.7. The van der Waals surface area contributed by atoms with Crippen molar-refractivity contribution < 1.29 is 13.2 Å². The maximum absolute atomic E-state index is 12.7. The molecule has 0 radical (unpaired) electrons. The molecule has 0 spiro atoms. The molecule has 3 heterocycles. The molecule has 3 aromatic rings. The van der Waals surface area contributed by atoms with Crippen LogP contribution in [0.25, 0.3) is 22.3 Å². The van der Waals surface area contributed by atoms with Gasteiger partial charge in [-0.05, 0) is 12.1 Å². The fraction of sp³-hybridized carbons (Fsp3) is 0.167. The third kappa shape index (κ3) is 2.18. The first-order chi connectivity index (χ1) is 9.04. The van der Waals surface area contributed by atoms with Crippen LogP contribution in [0, 0.1) is 0 Å². The molecule has 0 aliphatic rings. The second kappa shape index (κ2) is 4.11. The number of aromatic amines is 2. The molecular weight excluding hydrogens is 257 g/mol. The van der Waals surface area contributed by atoms with Crippen LogP contribution in [0.1, 0.15) is 5.56 Å². The van der Waals surface area contributed by atoms with E-state index in [-0.39, 0.29) is 5.56 Å². The van der Waals surface area contributed by atoms with Crippen LogP contribution >= 0.6 is 0 Å². The minimum Gasteiger partial charge on any atom is -0.353 e. The van der Waals surface area contributed by atoms with Crippen molar-refractivity contribution in [1.82, 2.24) is 20.2 Å². The van der Waals surface area contributed by atoms with Gasteiger partial charge in [-0.25, -0.2) is 0 Å². The van der Waals surface area contributed by atoms with Crippen molar-refractivity contribution in [3.8, 4) is 11.3 Å². The van der Waals surface area contributed by atoms with Gasteiger partial charge in [-0.15, -0.1) is 0 Å². The van der Waals surface area contributed by atoms with Crippen LogP contribution in [-0.2, 0) is 6.42 Å². The van der Waals surface area contributed by atoms with Crippen LogP contribution < -0.4 is 0 Å². The zero-order valence-corrected chi connectivity index (χ0v) is 9.62. The lowest BCUT2D eigenvalue weighted by molar-refractivity contribution is -0.126. The molecule has 2 N–H and O–H groups in total. The summed E-state index contributed by atoms with van der Waals surface area (Å²) in [5.74, 6) is 0. The Balaban J connectivity index is 2.23. The first-order valence-corrected chi connectivity index (χ1v) is 5.56. The molecule has 98 valence electrons. The number of pyridine rings is 1. The molecule has 7 heteroatoms. The molecule has 0 aromatic carbocycles. The van der Waals surface area contributed by atoms with E-state index in [0.717, 1.165) is 0 Å². The molecule has 0 fully saturated rings. The lowest BCUT2D eigenvalue weighted by Gasteiger charge is -2.06. The van der Waals surface area contributed by atoms with Crippen LogP contribution in [0.5, 0.6) is 0 Å². The van der Waals surface area contributed by atoms with E-state index in [1.54, 1.807) is 18.3 Å². The summed E-state index contributed by atoms with van der Waals surface area (Å²) in [6.45, 7) is 0. The summed E-state index contributed by atoms with van der Waals surface area (Å²) >= 11 is 0. The summed E-state index contributed by atoms with van der Waals surface area (Å²) in [6, 6.07) is 3.38. The zero-order valence-electron chi connectivity index (χ0n) is 9.62. The van der Waals surface area contributed by atoms with Crippen molar-refractivity contribution in [3.05, 3.63) is 36.3 Å². The van der Waals surface area contributed by atoms with Gasteiger partial charge in [-0.1, -0.05) is 0 Å². The molecule has 0 unspecified atom stereocenters. The van der Waals surface area contributed by atoms with Gasteiger partial charge in [-0.2, -0.15) is 18.3 Å². The highest BCUT2D eigenvalue weighted by molar-refractivity contribution is 5.87. The molecule has 0 aliphatic heterocycles. The number of hydrogen-bond donors (Lipinski definition) is 2. The Kier molecular flexibility index (Phi) is 2.55. The largest absolute Gasteiger partial charge is 0.393 e. The molecule has 0 aliphatic carbocycles. The molecule has 0 saturated heterocycles. The standard InChI is InChI=1S/C12H9F3N4/c13-12(14,15)4-8-10(7-5-17-18-6-7)19-9-2-1-3-16-11(8)9/h1-3,5-6,19H,4H2,(H,17,18). The highest BCUT2D eigenvalue weighted by Gasteiger charge is 2.31. The summed E-state index contributed by atoms with van der Waals surface area (Å²) in [5.41, 5.74) is 2.05. The summed E-state index contributed by atoms with van der Waals surface area (Å²) in [6.07, 6.45) is -0.806. The Morgan fingerprint density at radius 2 is 2.11 bits per heavy atom. The van der Waals surface area contributed by atoms with Crippen LogP contribution in [0.2, 0.25) is 0 Å². The van der Waals surface area contributed by atoms with Crippen LogP contribution in [-0.4, -0.2) is 26.3 Å². The monoisotopic (exact) mass is 266 g/mol. The minimum atomic E-state index is -4.29. The number of H-pyrrole nitrogens is 2. The smallest absolute Gasteiger partial charge is 0.353 e. The van der Waals surface area contributed by atoms with E-state index in [1.807, 2.05) is 0 Å². The molecule has 0 bridgehead atoms. The highest BCUT2D eigenvalue weighted by Crippen LogP contribution is 2.33. The lowest BCUT2D eigenvalue weighted by atomic mass is 10.1. The van der Waals surface area contributed by atoms with E-state index in [0.29, 0.717) is 22.3 Å². The fourth-order valence-corrected chi connectivity index (χ4v) is 2.08. The number of halogens is 3. The molecular formula is C12H9F3N4. The fourth-order valence-electron chi connectivity index (χ4n) is 2.08. The summed E-state index contributed by atoms with van der Waals surface area (Å²) in [7, 11) is 0. The molecule has 19 heavy (non-hydrogen) atoms. The van der Waals surface area contributed by atoms with E-state index >= 15 is 0 Å². The SMILES string of the molecule is FC(F)(F)Cc1c(-c2cn[nH]c2)[nH]c2cccnc12. The summed E-state index contributed by atoms with van der Waals surface area (Å²) < 4.78 is 38.1. The summed E-state index contributed by atoms with van der Waals surface area (Å²) in [5, 5.41) is 6.35. The Morgan fingerprint density at radius 1 is 1.26 bits per heavy atom. The van der Waals surface area contributed by atoms with Crippen molar-refractivity contribution in [2.45, 2.75) is 12.6 Å². The van der Waals surface area contributed by atoms with Crippen LogP contribution in [0.15, 0.2) is 30.7 Å². The zero-order chi connectivity index (χ0) is 13.5. The second-order valence-corrected chi connectivity index (χ2v) is 4.16. The number of fused-ring (bicyclic) bond motifs is 1. The van der Waals surface area contributed by atoms with Crippen LogP contribution in [0.4, 0.5) is 13.2 Å². The van der Waals surface area contributed by atoms with Crippen LogP contribution in [0.3, 0.4) is 0 Å². The van der Waals surface area contributed by atoms with Gasteiger partial charge in [0.2, 0.25) is 0 Å². The third-order valence-corrected chi connectivity index (χ3v) is 2.82. The van der Waals surface area contributed by atoms with Crippen molar-refractivity contribution in [1.29, 1.82) is 0 Å². The quantitative estimate of drug-likeness (QED) is 0.749. The topological polar surface area (TPSA) is 57.4 Å². The van der Waals surface area contributed by atoms with Crippen molar-refractivity contribution in [2.24, 2.45) is 0 Å². The first-order valence-electron chi connectivity index (χ1n) is 5.56. The maximum Gasteiger partial charge on any atom is 0.393 e. The Morgan fingerprint density at radius 3 is 2.79 bits per heavy atom. The van der Waals surface area contributed by atoms with Gasteiger partial charge < -0.3 is 4.98 Å². The number of rotatable bonds is 2. The van der Waals surface area contributed by atoms with Crippen molar-refractivity contribution in [3.63, 3.8) is 0 Å². The van der Waals surface area contributed by atoms with E-state index < -0.39 is 12.6 Å². The van der Waals surface area contributed by atoms with E-state index in [2.05, 4.69) is 20.2 Å². The van der Waals surface area contributed by atoms with Crippen molar-refractivity contribution >= 4 is 11.0 Å². The number of aromatic nitrogens is 4. The predicted molar refractivity (Wildman–Crippen MR) is 63.4 cm³/mol. The van der Waals surface area contributed by atoms with Gasteiger partial charge in [0.05, 0.1) is 29.3 Å². The second-order valence-electron chi connectivity index (χ2n) is 4.16. The first kappa shape index (κ1) is 11.8. The number of hydrogen-bond acceptors (Lipinski definition) is 2. The Labute approximate surface area is 105 Å². The van der Waals surface area contributed by atoms with E-state index in [9.17, 15) is 13.2 Å². The Bertz CT molecular complexity index is 697. The average Bonchev–Trinajstić information content (AvgIpc) is 2.95.